The van der Waals surface area contributed by atoms with Crippen LogP contribution >= 0.6 is 23.2 Å². The Bertz CT molecular complexity index is 586. The zero-order valence-corrected chi connectivity index (χ0v) is 13.0. The van der Waals surface area contributed by atoms with Gasteiger partial charge in [0.05, 0.1) is 11.6 Å². The van der Waals surface area contributed by atoms with Gasteiger partial charge in [0.25, 0.3) is 0 Å². The van der Waals surface area contributed by atoms with E-state index in [1.807, 2.05) is 56.3 Å². The van der Waals surface area contributed by atoms with Crippen LogP contribution in [0.2, 0.25) is 10.0 Å². The number of benzene rings is 2. The highest BCUT2D eigenvalue weighted by Gasteiger charge is 2.07. The largest absolute Gasteiger partial charge is 0.487 e. The van der Waals surface area contributed by atoms with Gasteiger partial charge in [-0.2, -0.15) is 0 Å². The second-order valence-corrected chi connectivity index (χ2v) is 5.54. The molecule has 0 amide bonds. The first-order chi connectivity index (χ1) is 9.56. The van der Waals surface area contributed by atoms with Gasteiger partial charge in [-0.05, 0) is 43.7 Å². The van der Waals surface area contributed by atoms with E-state index in [1.165, 1.54) is 0 Å². The van der Waals surface area contributed by atoms with Crippen molar-refractivity contribution in [3.8, 4) is 5.75 Å². The molecule has 0 spiro atoms. The Hall–Kier alpha value is -1.38. The van der Waals surface area contributed by atoms with Crippen LogP contribution in [0.5, 0.6) is 5.75 Å². The van der Waals surface area contributed by atoms with Crippen molar-refractivity contribution in [2.45, 2.75) is 20.0 Å². The zero-order valence-electron chi connectivity index (χ0n) is 11.5. The molecule has 1 N–H and O–H groups in total. The molecule has 20 heavy (non-hydrogen) atoms. The average Bonchev–Trinajstić information content (AvgIpc) is 2.42. The van der Waals surface area contributed by atoms with Crippen molar-refractivity contribution >= 4 is 28.9 Å². The molecule has 2 rings (SSSR count). The number of halogens is 2. The number of para-hydroxylation sites is 1. The predicted octanol–water partition coefficient (Wildman–Crippen LogP) is 5.18. The molecule has 0 bridgehead atoms. The lowest BCUT2D eigenvalue weighted by Gasteiger charge is -2.18. The highest BCUT2D eigenvalue weighted by atomic mass is 35.5. The Morgan fingerprint density at radius 2 is 1.90 bits per heavy atom. The molecule has 1 unspecified atom stereocenters. The van der Waals surface area contributed by atoms with Crippen molar-refractivity contribution in [1.82, 2.24) is 0 Å². The molecule has 2 aromatic carbocycles. The van der Waals surface area contributed by atoms with Crippen LogP contribution in [0.25, 0.3) is 0 Å². The van der Waals surface area contributed by atoms with Crippen molar-refractivity contribution in [3.63, 3.8) is 0 Å². The fraction of sp³-hybridized carbons (Fsp3) is 0.250. The fourth-order valence-electron chi connectivity index (χ4n) is 1.84. The number of anilines is 1. The zero-order chi connectivity index (χ0) is 14.5. The monoisotopic (exact) mass is 309 g/mol. The van der Waals surface area contributed by atoms with Gasteiger partial charge in [0, 0.05) is 10.7 Å². The fourth-order valence-corrected chi connectivity index (χ4v) is 2.19. The summed E-state index contributed by atoms with van der Waals surface area (Å²) in [5.74, 6) is 0.700. The smallest absolute Gasteiger partial charge is 0.138 e. The van der Waals surface area contributed by atoms with Gasteiger partial charge in [-0.15, -0.1) is 0 Å². The minimum absolute atomic E-state index is 0.00622. The highest BCUT2D eigenvalue weighted by Crippen LogP contribution is 2.25. The number of aryl methyl sites for hydroxylation is 1. The number of hydrogen-bond donors (Lipinski definition) is 1. The first-order valence-electron chi connectivity index (χ1n) is 6.47. The Morgan fingerprint density at radius 3 is 2.65 bits per heavy atom. The first-order valence-corrected chi connectivity index (χ1v) is 7.23. The maximum Gasteiger partial charge on any atom is 0.138 e. The molecular weight excluding hydrogens is 293 g/mol. The SMILES string of the molecule is Cc1ccc(Cl)cc1NCC(C)Oc1ccccc1Cl. The second-order valence-electron chi connectivity index (χ2n) is 4.70. The van der Waals surface area contributed by atoms with E-state index in [9.17, 15) is 0 Å². The maximum absolute atomic E-state index is 6.07. The summed E-state index contributed by atoms with van der Waals surface area (Å²) in [7, 11) is 0. The standard InChI is InChI=1S/C16H17Cl2NO/c1-11-7-8-13(17)9-15(11)19-10-12(2)20-16-6-4-3-5-14(16)18/h3-9,12,19H,10H2,1-2H3. The summed E-state index contributed by atoms with van der Waals surface area (Å²) in [5, 5.41) is 4.68. The highest BCUT2D eigenvalue weighted by molar-refractivity contribution is 6.32. The molecule has 4 heteroatoms. The van der Waals surface area contributed by atoms with Gasteiger partial charge in [-0.3, -0.25) is 0 Å². The van der Waals surface area contributed by atoms with Gasteiger partial charge in [0.15, 0.2) is 0 Å². The molecule has 0 heterocycles. The molecule has 1 atom stereocenters. The maximum atomic E-state index is 6.07. The van der Waals surface area contributed by atoms with Crippen molar-refractivity contribution in [2.24, 2.45) is 0 Å². The number of ether oxygens (including phenoxy) is 1. The molecule has 106 valence electrons. The van der Waals surface area contributed by atoms with Crippen molar-refractivity contribution in [2.75, 3.05) is 11.9 Å². The Morgan fingerprint density at radius 1 is 1.15 bits per heavy atom. The number of hydrogen-bond acceptors (Lipinski definition) is 2. The normalized spacial score (nSPS) is 12.0. The molecule has 0 fully saturated rings. The predicted molar refractivity (Wildman–Crippen MR) is 86.2 cm³/mol. The van der Waals surface area contributed by atoms with E-state index >= 15 is 0 Å². The molecule has 0 aliphatic rings. The first kappa shape index (κ1) is 15.0. The minimum atomic E-state index is -0.00622. The summed E-state index contributed by atoms with van der Waals surface area (Å²) >= 11 is 12.1. The molecule has 0 aromatic heterocycles. The molecule has 0 saturated heterocycles. The summed E-state index contributed by atoms with van der Waals surface area (Å²) < 4.78 is 5.81. The van der Waals surface area contributed by atoms with Crippen molar-refractivity contribution in [3.05, 3.63) is 58.1 Å². The van der Waals surface area contributed by atoms with Crippen LogP contribution in [-0.4, -0.2) is 12.6 Å². The van der Waals surface area contributed by atoms with Gasteiger partial charge in [0.2, 0.25) is 0 Å². The van der Waals surface area contributed by atoms with Crippen molar-refractivity contribution < 1.29 is 4.74 Å². The lowest BCUT2D eigenvalue weighted by Crippen LogP contribution is -2.23. The van der Waals surface area contributed by atoms with Gasteiger partial charge in [-0.25, -0.2) is 0 Å². The second kappa shape index (κ2) is 6.87. The number of rotatable bonds is 5. The Labute approximate surface area is 129 Å². The van der Waals surface area contributed by atoms with Crippen LogP contribution in [-0.2, 0) is 0 Å². The van der Waals surface area contributed by atoms with Gasteiger partial charge < -0.3 is 10.1 Å². The molecule has 0 radical (unpaired) electrons. The summed E-state index contributed by atoms with van der Waals surface area (Å²) in [5.41, 5.74) is 2.17. The van der Waals surface area contributed by atoms with Gasteiger partial charge in [0.1, 0.15) is 11.9 Å². The van der Waals surface area contributed by atoms with E-state index in [1.54, 1.807) is 0 Å². The van der Waals surface area contributed by atoms with Crippen LogP contribution in [0.15, 0.2) is 42.5 Å². The quantitative estimate of drug-likeness (QED) is 0.821. The molecule has 2 nitrogen and oxygen atoms in total. The van der Waals surface area contributed by atoms with E-state index in [0.717, 1.165) is 16.3 Å². The Balaban J connectivity index is 1.94. The topological polar surface area (TPSA) is 21.3 Å². The van der Waals surface area contributed by atoms with Crippen LogP contribution < -0.4 is 10.1 Å². The summed E-state index contributed by atoms with van der Waals surface area (Å²) in [4.78, 5) is 0. The molecule has 0 aliphatic heterocycles. The van der Waals surface area contributed by atoms with Gasteiger partial charge in [-0.1, -0.05) is 41.4 Å². The van der Waals surface area contributed by atoms with Crippen LogP contribution in [0.4, 0.5) is 5.69 Å². The lowest BCUT2D eigenvalue weighted by molar-refractivity contribution is 0.235. The average molecular weight is 310 g/mol. The third-order valence-electron chi connectivity index (χ3n) is 2.94. The third-order valence-corrected chi connectivity index (χ3v) is 3.49. The van der Waals surface area contributed by atoms with Crippen LogP contribution in [0.1, 0.15) is 12.5 Å². The van der Waals surface area contributed by atoms with Crippen LogP contribution in [0.3, 0.4) is 0 Å². The van der Waals surface area contributed by atoms with Crippen LogP contribution in [0, 0.1) is 6.92 Å². The van der Waals surface area contributed by atoms with Crippen molar-refractivity contribution in [1.29, 1.82) is 0 Å². The lowest BCUT2D eigenvalue weighted by atomic mass is 10.2. The number of nitrogens with one attached hydrogen (secondary N) is 1. The van der Waals surface area contributed by atoms with E-state index in [4.69, 9.17) is 27.9 Å². The van der Waals surface area contributed by atoms with Gasteiger partial charge >= 0.3 is 0 Å². The molecule has 2 aromatic rings. The van der Waals surface area contributed by atoms with E-state index < -0.39 is 0 Å². The summed E-state index contributed by atoms with van der Waals surface area (Å²) in [6.45, 7) is 4.71. The summed E-state index contributed by atoms with van der Waals surface area (Å²) in [6, 6.07) is 13.3. The third kappa shape index (κ3) is 4.06. The van der Waals surface area contributed by atoms with E-state index in [0.29, 0.717) is 17.3 Å². The molecule has 0 saturated carbocycles. The summed E-state index contributed by atoms with van der Waals surface area (Å²) in [6.07, 6.45) is -0.00622. The molecular formula is C16H17Cl2NO. The van der Waals surface area contributed by atoms with E-state index in [-0.39, 0.29) is 6.10 Å². The molecule has 0 aliphatic carbocycles. The Kier molecular flexibility index (Phi) is 5.16. The minimum Gasteiger partial charge on any atom is -0.487 e. The van der Waals surface area contributed by atoms with E-state index in [2.05, 4.69) is 5.32 Å².